The Morgan fingerprint density at radius 1 is 1.33 bits per heavy atom. The summed E-state index contributed by atoms with van der Waals surface area (Å²) in [6.07, 6.45) is 1.79. The quantitative estimate of drug-likeness (QED) is 0.875. The molecule has 0 bridgehead atoms. The summed E-state index contributed by atoms with van der Waals surface area (Å²) in [4.78, 5) is 14.6. The van der Waals surface area contributed by atoms with Gasteiger partial charge in [0.2, 0.25) is 0 Å². The Morgan fingerprint density at radius 2 is 2.10 bits per heavy atom. The van der Waals surface area contributed by atoms with Crippen LogP contribution < -0.4 is 10.2 Å². The predicted molar refractivity (Wildman–Crippen MR) is 85.0 cm³/mol. The summed E-state index contributed by atoms with van der Waals surface area (Å²) in [5, 5.41) is 7.60. The SMILES string of the molecule is Cc1nn(C)cc1C(=O)N1CCNCc2ccccc21.Cl. The minimum absolute atomic E-state index is 0. The number of rotatable bonds is 1. The predicted octanol–water partition coefficient (Wildman–Crippen LogP) is 1.90. The van der Waals surface area contributed by atoms with Crippen molar-refractivity contribution in [2.24, 2.45) is 7.05 Å². The zero-order valence-electron chi connectivity index (χ0n) is 12.2. The van der Waals surface area contributed by atoms with E-state index in [-0.39, 0.29) is 18.3 Å². The molecule has 5 nitrogen and oxygen atoms in total. The summed E-state index contributed by atoms with van der Waals surface area (Å²) in [6.45, 7) is 4.13. The highest BCUT2D eigenvalue weighted by Gasteiger charge is 2.24. The molecule has 1 aliphatic rings. The van der Waals surface area contributed by atoms with Gasteiger partial charge in [-0.3, -0.25) is 9.48 Å². The highest BCUT2D eigenvalue weighted by Crippen LogP contribution is 2.24. The number of anilines is 1. The minimum atomic E-state index is 0. The number of fused-ring (bicyclic) bond motifs is 1. The molecule has 0 radical (unpaired) electrons. The number of hydrogen-bond donors (Lipinski definition) is 1. The molecule has 0 unspecified atom stereocenters. The standard InChI is InChI=1S/C15H18N4O.ClH/c1-11-13(10-18(2)17-11)15(20)19-8-7-16-9-12-5-3-4-6-14(12)19;/h3-6,10,16H,7-9H2,1-2H3;1H. The minimum Gasteiger partial charge on any atom is -0.311 e. The number of nitrogens with zero attached hydrogens (tertiary/aromatic N) is 3. The van der Waals surface area contributed by atoms with E-state index < -0.39 is 0 Å². The van der Waals surface area contributed by atoms with Gasteiger partial charge >= 0.3 is 0 Å². The number of aryl methyl sites for hydroxylation is 2. The summed E-state index contributed by atoms with van der Waals surface area (Å²) < 4.78 is 1.69. The van der Waals surface area contributed by atoms with Crippen LogP contribution >= 0.6 is 12.4 Å². The average Bonchev–Trinajstić information content (AvgIpc) is 2.66. The first kappa shape index (κ1) is 15.5. The zero-order chi connectivity index (χ0) is 14.1. The van der Waals surface area contributed by atoms with E-state index in [4.69, 9.17) is 0 Å². The molecule has 2 aromatic rings. The summed E-state index contributed by atoms with van der Waals surface area (Å²) in [5.74, 6) is 0.0201. The fourth-order valence-corrected chi connectivity index (χ4v) is 2.62. The van der Waals surface area contributed by atoms with Crippen molar-refractivity contribution in [2.45, 2.75) is 13.5 Å². The first-order valence-electron chi connectivity index (χ1n) is 6.77. The number of hydrogen-bond acceptors (Lipinski definition) is 3. The van der Waals surface area contributed by atoms with Gasteiger partial charge in [-0.25, -0.2) is 0 Å². The largest absolute Gasteiger partial charge is 0.311 e. The normalized spacial score (nSPS) is 14.1. The summed E-state index contributed by atoms with van der Waals surface area (Å²) in [5.41, 5.74) is 3.59. The highest BCUT2D eigenvalue weighted by molar-refractivity contribution is 6.07. The Balaban J connectivity index is 0.00000161. The molecule has 0 fully saturated rings. The van der Waals surface area contributed by atoms with Crippen molar-refractivity contribution in [2.75, 3.05) is 18.0 Å². The number of amides is 1. The monoisotopic (exact) mass is 306 g/mol. The molecule has 0 atom stereocenters. The van der Waals surface area contributed by atoms with E-state index in [0.717, 1.165) is 30.0 Å². The lowest BCUT2D eigenvalue weighted by Crippen LogP contribution is -2.34. The Hall–Kier alpha value is -1.85. The molecule has 21 heavy (non-hydrogen) atoms. The van der Waals surface area contributed by atoms with Crippen LogP contribution in [0.5, 0.6) is 0 Å². The van der Waals surface area contributed by atoms with Gasteiger partial charge < -0.3 is 10.2 Å². The van der Waals surface area contributed by atoms with Gasteiger partial charge in [-0.2, -0.15) is 5.10 Å². The molecule has 1 N–H and O–H groups in total. The number of carbonyl (C=O) groups is 1. The van der Waals surface area contributed by atoms with Crippen LogP contribution in [0.3, 0.4) is 0 Å². The van der Waals surface area contributed by atoms with Crippen molar-refractivity contribution in [3.05, 3.63) is 47.3 Å². The van der Waals surface area contributed by atoms with Crippen LogP contribution in [0.2, 0.25) is 0 Å². The van der Waals surface area contributed by atoms with Gasteiger partial charge in [-0.15, -0.1) is 12.4 Å². The molecule has 0 aliphatic carbocycles. The van der Waals surface area contributed by atoms with Gasteiger partial charge in [0, 0.05) is 38.6 Å². The van der Waals surface area contributed by atoms with Crippen molar-refractivity contribution in [1.29, 1.82) is 0 Å². The van der Waals surface area contributed by atoms with Crippen LogP contribution in [-0.4, -0.2) is 28.8 Å². The lowest BCUT2D eigenvalue weighted by atomic mass is 10.1. The molecule has 0 saturated heterocycles. The molecule has 112 valence electrons. The van der Waals surface area contributed by atoms with Crippen molar-refractivity contribution in [3.63, 3.8) is 0 Å². The van der Waals surface area contributed by atoms with Gasteiger partial charge in [0.15, 0.2) is 0 Å². The molecule has 0 saturated carbocycles. The van der Waals surface area contributed by atoms with Crippen molar-refractivity contribution >= 4 is 24.0 Å². The van der Waals surface area contributed by atoms with Gasteiger partial charge in [0.25, 0.3) is 5.91 Å². The van der Waals surface area contributed by atoms with Crippen molar-refractivity contribution < 1.29 is 4.79 Å². The molecule has 1 aliphatic heterocycles. The average molecular weight is 307 g/mol. The highest BCUT2D eigenvalue weighted by atomic mass is 35.5. The maximum Gasteiger partial charge on any atom is 0.261 e. The Bertz CT molecular complexity index is 653. The number of para-hydroxylation sites is 1. The van der Waals surface area contributed by atoms with E-state index in [1.54, 1.807) is 10.9 Å². The maximum absolute atomic E-state index is 12.8. The number of carbonyl (C=O) groups excluding carboxylic acids is 1. The number of aromatic nitrogens is 2. The Labute approximate surface area is 130 Å². The molecule has 3 rings (SSSR count). The van der Waals surface area contributed by atoms with E-state index in [0.29, 0.717) is 12.1 Å². The molecular formula is C15H19ClN4O. The third-order valence-corrected chi connectivity index (χ3v) is 3.60. The molecule has 0 spiro atoms. The third kappa shape index (κ3) is 2.94. The third-order valence-electron chi connectivity index (χ3n) is 3.60. The number of halogens is 1. The van der Waals surface area contributed by atoms with Crippen LogP contribution in [0, 0.1) is 6.92 Å². The van der Waals surface area contributed by atoms with E-state index in [1.165, 1.54) is 0 Å². The topological polar surface area (TPSA) is 50.2 Å². The molecule has 1 aromatic heterocycles. The van der Waals surface area contributed by atoms with Crippen LogP contribution in [0.25, 0.3) is 0 Å². The molecule has 1 amide bonds. The molecule has 1 aromatic carbocycles. The van der Waals surface area contributed by atoms with Crippen molar-refractivity contribution in [3.8, 4) is 0 Å². The van der Waals surface area contributed by atoms with E-state index in [9.17, 15) is 4.79 Å². The lowest BCUT2D eigenvalue weighted by Gasteiger charge is -2.22. The van der Waals surface area contributed by atoms with Gasteiger partial charge in [-0.1, -0.05) is 18.2 Å². The summed E-state index contributed by atoms with van der Waals surface area (Å²) >= 11 is 0. The van der Waals surface area contributed by atoms with Crippen LogP contribution in [0.1, 0.15) is 21.6 Å². The zero-order valence-corrected chi connectivity index (χ0v) is 13.0. The molecular weight excluding hydrogens is 288 g/mol. The Kier molecular flexibility index (Phi) is 4.65. The Morgan fingerprint density at radius 3 is 2.81 bits per heavy atom. The van der Waals surface area contributed by atoms with Crippen molar-refractivity contribution in [1.82, 2.24) is 15.1 Å². The fraction of sp³-hybridized carbons (Fsp3) is 0.333. The van der Waals surface area contributed by atoms with Gasteiger partial charge in [0.05, 0.1) is 11.3 Å². The van der Waals surface area contributed by atoms with E-state index >= 15 is 0 Å². The number of benzene rings is 1. The van der Waals surface area contributed by atoms with Gasteiger partial charge in [-0.05, 0) is 18.6 Å². The van der Waals surface area contributed by atoms with Crippen LogP contribution in [0.15, 0.2) is 30.5 Å². The smallest absolute Gasteiger partial charge is 0.261 e. The number of nitrogens with one attached hydrogen (secondary N) is 1. The lowest BCUT2D eigenvalue weighted by molar-refractivity contribution is 0.0987. The summed E-state index contributed by atoms with van der Waals surface area (Å²) in [7, 11) is 1.84. The van der Waals surface area contributed by atoms with E-state index in [2.05, 4.69) is 16.5 Å². The second-order valence-electron chi connectivity index (χ2n) is 5.06. The second kappa shape index (κ2) is 6.28. The molecule has 6 heteroatoms. The van der Waals surface area contributed by atoms with Gasteiger partial charge in [0.1, 0.15) is 0 Å². The summed E-state index contributed by atoms with van der Waals surface area (Å²) in [6, 6.07) is 8.04. The van der Waals surface area contributed by atoms with Crippen LogP contribution in [-0.2, 0) is 13.6 Å². The molecule has 2 heterocycles. The fourth-order valence-electron chi connectivity index (χ4n) is 2.62. The maximum atomic E-state index is 12.8. The second-order valence-corrected chi connectivity index (χ2v) is 5.06. The van der Waals surface area contributed by atoms with E-state index in [1.807, 2.05) is 37.1 Å². The van der Waals surface area contributed by atoms with Crippen LogP contribution in [0.4, 0.5) is 5.69 Å². The first-order chi connectivity index (χ1) is 9.66. The first-order valence-corrected chi connectivity index (χ1v) is 6.77.